The highest BCUT2D eigenvalue weighted by Gasteiger charge is 2.32. The Kier molecular flexibility index (Phi) is 6.00. The number of aromatic nitrogens is 4. The van der Waals surface area contributed by atoms with Crippen molar-refractivity contribution in [1.82, 2.24) is 19.9 Å². The molecule has 5 rings (SSSR count). The van der Waals surface area contributed by atoms with Gasteiger partial charge in [0.2, 0.25) is 0 Å². The van der Waals surface area contributed by atoms with Crippen molar-refractivity contribution in [3.05, 3.63) is 66.7 Å². The normalized spacial score (nSPS) is 14.6. The van der Waals surface area contributed by atoms with Crippen molar-refractivity contribution in [3.63, 3.8) is 0 Å². The van der Waals surface area contributed by atoms with E-state index in [1.807, 2.05) is 36.5 Å². The first-order valence-electron chi connectivity index (χ1n) is 11.0. The number of fused-ring (bicyclic) bond motifs is 2. The highest BCUT2D eigenvalue weighted by molar-refractivity contribution is 8.00. The van der Waals surface area contributed by atoms with Crippen molar-refractivity contribution in [2.45, 2.75) is 25.0 Å². The Morgan fingerprint density at radius 1 is 1.03 bits per heavy atom. The molecule has 33 heavy (non-hydrogen) atoms. The summed E-state index contributed by atoms with van der Waals surface area (Å²) in [5, 5.41) is 4.52. The summed E-state index contributed by atoms with van der Waals surface area (Å²) in [7, 11) is 0. The number of nitrogens with one attached hydrogen (secondary N) is 1. The van der Waals surface area contributed by atoms with E-state index in [9.17, 15) is 0 Å². The first kappa shape index (κ1) is 21.5. The molecule has 1 aromatic carbocycles. The summed E-state index contributed by atoms with van der Waals surface area (Å²) < 4.78 is 11.4. The molecule has 0 saturated heterocycles. The van der Waals surface area contributed by atoms with Gasteiger partial charge in [-0.05, 0) is 31.5 Å². The minimum Gasteiger partial charge on any atom is -0.484 e. The molecular formula is C25H25N5O2S. The second-order valence-electron chi connectivity index (χ2n) is 7.94. The molecule has 4 heterocycles. The summed E-state index contributed by atoms with van der Waals surface area (Å²) in [6.07, 6.45) is 6.16. The molecule has 0 saturated carbocycles. The number of anilines is 1. The van der Waals surface area contributed by atoms with Gasteiger partial charge >= 0.3 is 0 Å². The Morgan fingerprint density at radius 2 is 1.91 bits per heavy atom. The maximum Gasteiger partial charge on any atom is 0.257 e. The lowest BCUT2D eigenvalue weighted by atomic mass is 9.97. The van der Waals surface area contributed by atoms with Crippen LogP contribution in [0.3, 0.4) is 0 Å². The lowest BCUT2D eigenvalue weighted by molar-refractivity contribution is 0.161. The van der Waals surface area contributed by atoms with Gasteiger partial charge in [-0.25, -0.2) is 15.0 Å². The monoisotopic (exact) mass is 459 g/mol. The fraction of sp³-hybridized carbons (Fsp3) is 0.280. The van der Waals surface area contributed by atoms with Crippen LogP contribution in [0.15, 0.2) is 61.2 Å². The molecule has 3 aromatic heterocycles. The zero-order valence-corrected chi connectivity index (χ0v) is 19.4. The SMILES string of the molecule is CC[C@](C)(SCNc1cc(-c2cnc3ccccc3c2)ncn1)c1ccnc2c1OCCO2. The van der Waals surface area contributed by atoms with Crippen LogP contribution in [0.25, 0.3) is 22.2 Å². The Labute approximate surface area is 197 Å². The minimum atomic E-state index is -0.168. The lowest BCUT2D eigenvalue weighted by Crippen LogP contribution is -2.24. The predicted octanol–water partition coefficient (Wildman–Crippen LogP) is 5.29. The molecule has 1 aliphatic heterocycles. The largest absolute Gasteiger partial charge is 0.484 e. The number of hydrogen-bond donors (Lipinski definition) is 1. The van der Waals surface area contributed by atoms with Gasteiger partial charge in [0.1, 0.15) is 25.4 Å². The van der Waals surface area contributed by atoms with Crippen molar-refractivity contribution < 1.29 is 9.47 Å². The van der Waals surface area contributed by atoms with E-state index in [1.54, 1.807) is 24.3 Å². The third kappa shape index (κ3) is 4.43. The van der Waals surface area contributed by atoms with E-state index < -0.39 is 0 Å². The number of para-hydroxylation sites is 1. The van der Waals surface area contributed by atoms with E-state index in [2.05, 4.69) is 51.2 Å². The molecular weight excluding hydrogens is 434 g/mol. The van der Waals surface area contributed by atoms with Crippen LogP contribution in [0.2, 0.25) is 0 Å². The van der Waals surface area contributed by atoms with Crippen LogP contribution in [0.5, 0.6) is 11.6 Å². The molecule has 168 valence electrons. The van der Waals surface area contributed by atoms with Crippen molar-refractivity contribution in [2.75, 3.05) is 24.4 Å². The van der Waals surface area contributed by atoms with Crippen molar-refractivity contribution in [1.29, 1.82) is 0 Å². The number of hydrogen-bond acceptors (Lipinski definition) is 8. The van der Waals surface area contributed by atoms with Crippen LogP contribution in [-0.2, 0) is 4.75 Å². The molecule has 4 aromatic rings. The van der Waals surface area contributed by atoms with Crippen molar-refractivity contribution >= 4 is 28.5 Å². The first-order chi connectivity index (χ1) is 16.2. The summed E-state index contributed by atoms with van der Waals surface area (Å²) >= 11 is 1.80. The van der Waals surface area contributed by atoms with E-state index in [0.717, 1.165) is 45.7 Å². The van der Waals surface area contributed by atoms with Crippen LogP contribution >= 0.6 is 11.8 Å². The molecule has 0 bridgehead atoms. The Balaban J connectivity index is 1.31. The number of ether oxygens (including phenoxy) is 2. The van der Waals surface area contributed by atoms with E-state index in [4.69, 9.17) is 9.47 Å². The zero-order valence-electron chi connectivity index (χ0n) is 18.6. The maximum atomic E-state index is 5.91. The third-order valence-corrected chi connectivity index (χ3v) is 7.32. The zero-order chi connectivity index (χ0) is 22.7. The molecule has 0 aliphatic carbocycles. The fourth-order valence-electron chi connectivity index (χ4n) is 3.83. The minimum absolute atomic E-state index is 0.168. The fourth-order valence-corrected chi connectivity index (χ4v) is 4.89. The molecule has 7 nitrogen and oxygen atoms in total. The van der Waals surface area contributed by atoms with Gasteiger partial charge in [0.05, 0.1) is 17.1 Å². The standard InChI is InChI=1S/C25H25N5O2S/c1-3-25(2,19-8-9-26-24-23(19)31-10-11-32-24)33-16-30-22-13-21(28-15-29-22)18-12-17-6-4-5-7-20(17)27-14-18/h4-9,12-15H,3,10-11,16H2,1-2H3,(H,28,29,30)/t25-/m0/s1. The molecule has 0 spiro atoms. The summed E-state index contributed by atoms with van der Waals surface area (Å²) in [6.45, 7) is 5.48. The van der Waals surface area contributed by atoms with Crippen LogP contribution in [0.4, 0.5) is 5.82 Å². The number of thioether (sulfide) groups is 1. The summed E-state index contributed by atoms with van der Waals surface area (Å²) in [5.41, 5.74) is 3.87. The van der Waals surface area contributed by atoms with Crippen LogP contribution in [0.1, 0.15) is 25.8 Å². The highest BCUT2D eigenvalue weighted by atomic mass is 32.2. The van der Waals surface area contributed by atoms with E-state index >= 15 is 0 Å². The average Bonchev–Trinajstić information content (AvgIpc) is 2.88. The second-order valence-corrected chi connectivity index (χ2v) is 9.42. The second kappa shape index (κ2) is 9.23. The Bertz CT molecular complexity index is 1280. The van der Waals surface area contributed by atoms with Crippen molar-refractivity contribution in [2.24, 2.45) is 0 Å². The third-order valence-electron chi connectivity index (χ3n) is 5.88. The quantitative estimate of drug-likeness (QED) is 0.374. The van der Waals surface area contributed by atoms with Gasteiger partial charge < -0.3 is 14.8 Å². The van der Waals surface area contributed by atoms with Gasteiger partial charge in [0, 0.05) is 39.7 Å². The molecule has 1 aliphatic rings. The van der Waals surface area contributed by atoms with Gasteiger partial charge in [0.25, 0.3) is 5.88 Å². The van der Waals surface area contributed by atoms with Crippen LogP contribution in [-0.4, -0.2) is 39.0 Å². The van der Waals surface area contributed by atoms with Crippen LogP contribution in [0, 0.1) is 0 Å². The first-order valence-corrected chi connectivity index (χ1v) is 11.9. The topological polar surface area (TPSA) is 82.1 Å². The molecule has 8 heteroatoms. The molecule has 0 unspecified atom stereocenters. The summed E-state index contributed by atoms with van der Waals surface area (Å²) in [5.74, 6) is 2.79. The highest BCUT2D eigenvalue weighted by Crippen LogP contribution is 2.46. The van der Waals surface area contributed by atoms with Gasteiger partial charge in [0.15, 0.2) is 5.75 Å². The molecule has 1 N–H and O–H groups in total. The summed E-state index contributed by atoms with van der Waals surface area (Å²) in [4.78, 5) is 17.7. The number of rotatable bonds is 7. The van der Waals surface area contributed by atoms with Gasteiger partial charge in [-0.1, -0.05) is 25.1 Å². The van der Waals surface area contributed by atoms with E-state index in [0.29, 0.717) is 25.0 Å². The number of pyridine rings is 2. The molecule has 1 atom stereocenters. The molecule has 0 amide bonds. The Morgan fingerprint density at radius 3 is 2.82 bits per heavy atom. The lowest BCUT2D eigenvalue weighted by Gasteiger charge is -2.31. The molecule has 0 radical (unpaired) electrons. The Hall–Kier alpha value is -3.39. The predicted molar refractivity (Wildman–Crippen MR) is 132 cm³/mol. The van der Waals surface area contributed by atoms with Gasteiger partial charge in [-0.2, -0.15) is 0 Å². The average molecular weight is 460 g/mol. The van der Waals surface area contributed by atoms with Crippen LogP contribution < -0.4 is 14.8 Å². The maximum absolute atomic E-state index is 5.91. The smallest absolute Gasteiger partial charge is 0.257 e. The van der Waals surface area contributed by atoms with Gasteiger partial charge in [-0.15, -0.1) is 11.8 Å². The molecule has 0 fully saturated rings. The number of nitrogens with zero attached hydrogens (tertiary/aromatic N) is 4. The number of benzene rings is 1. The van der Waals surface area contributed by atoms with Gasteiger partial charge in [-0.3, -0.25) is 4.98 Å². The summed E-state index contributed by atoms with van der Waals surface area (Å²) in [6, 6.07) is 14.2. The van der Waals surface area contributed by atoms with Crippen molar-refractivity contribution in [3.8, 4) is 22.9 Å². The van der Waals surface area contributed by atoms with E-state index in [1.165, 1.54) is 0 Å². The van der Waals surface area contributed by atoms with E-state index in [-0.39, 0.29) is 4.75 Å².